The topological polar surface area (TPSA) is 69.2 Å². The Morgan fingerprint density at radius 2 is 1.90 bits per heavy atom. The van der Waals surface area contributed by atoms with Crippen molar-refractivity contribution in [1.29, 1.82) is 0 Å². The lowest BCUT2D eigenvalue weighted by Gasteiger charge is -2.30. The SMILES string of the molecule is O=C([O-])[C@H]1[C@H]2CC[C@H](C2)[C@@H]1C(=O)Nc1cccc(F)c1. The van der Waals surface area contributed by atoms with E-state index in [0.29, 0.717) is 5.69 Å². The normalized spacial score (nSPS) is 31.2. The first-order valence-corrected chi connectivity index (χ1v) is 6.83. The van der Waals surface area contributed by atoms with Crippen LogP contribution in [0.2, 0.25) is 0 Å². The summed E-state index contributed by atoms with van der Waals surface area (Å²) in [5.41, 5.74) is 0.356. The summed E-state index contributed by atoms with van der Waals surface area (Å²) in [7, 11) is 0. The summed E-state index contributed by atoms with van der Waals surface area (Å²) in [6, 6.07) is 5.60. The standard InChI is InChI=1S/C15H16FNO3/c16-10-2-1-3-11(7-10)17-14(18)12-8-4-5-9(6-8)13(12)15(19)20/h1-3,7-9,12-13H,4-6H2,(H,17,18)(H,19,20)/p-1/t8-,9+,12+,13+/m1/s1. The molecule has 2 aliphatic carbocycles. The van der Waals surface area contributed by atoms with Crippen LogP contribution in [0.25, 0.3) is 0 Å². The fraction of sp³-hybridized carbons (Fsp3) is 0.467. The first-order valence-electron chi connectivity index (χ1n) is 6.83. The van der Waals surface area contributed by atoms with Crippen LogP contribution in [-0.4, -0.2) is 11.9 Å². The van der Waals surface area contributed by atoms with Gasteiger partial charge in [0.15, 0.2) is 0 Å². The molecule has 0 aromatic heterocycles. The van der Waals surface area contributed by atoms with Gasteiger partial charge in [-0.15, -0.1) is 0 Å². The van der Waals surface area contributed by atoms with Gasteiger partial charge in [-0.25, -0.2) is 4.39 Å². The smallest absolute Gasteiger partial charge is 0.228 e. The summed E-state index contributed by atoms with van der Waals surface area (Å²) in [6.07, 6.45) is 2.52. The molecule has 5 heteroatoms. The van der Waals surface area contributed by atoms with Crippen molar-refractivity contribution in [2.24, 2.45) is 23.7 Å². The predicted octanol–water partition coefficient (Wildman–Crippen LogP) is 1.18. The minimum absolute atomic E-state index is 0.0493. The maximum Gasteiger partial charge on any atom is 0.228 e. The third-order valence-corrected chi connectivity index (χ3v) is 4.58. The first-order chi connectivity index (χ1) is 9.56. The van der Waals surface area contributed by atoms with Crippen LogP contribution < -0.4 is 10.4 Å². The second-order valence-electron chi connectivity index (χ2n) is 5.70. The Labute approximate surface area is 116 Å². The zero-order valence-corrected chi connectivity index (χ0v) is 10.8. The van der Waals surface area contributed by atoms with Gasteiger partial charge in [0.05, 0.1) is 0 Å². The average Bonchev–Trinajstić information content (AvgIpc) is 2.98. The number of fused-ring (bicyclic) bond motifs is 2. The van der Waals surface area contributed by atoms with Gasteiger partial charge in [0, 0.05) is 23.5 Å². The number of hydrogen-bond donors (Lipinski definition) is 1. The molecular formula is C15H15FNO3-. The molecular weight excluding hydrogens is 261 g/mol. The van der Waals surface area contributed by atoms with Crippen LogP contribution in [0.4, 0.5) is 10.1 Å². The van der Waals surface area contributed by atoms with Gasteiger partial charge in [-0.05, 0) is 49.3 Å². The number of aliphatic carboxylic acids is 1. The molecule has 0 aliphatic heterocycles. The summed E-state index contributed by atoms with van der Waals surface area (Å²) < 4.78 is 13.1. The van der Waals surface area contributed by atoms with E-state index in [0.717, 1.165) is 19.3 Å². The van der Waals surface area contributed by atoms with Crippen molar-refractivity contribution in [1.82, 2.24) is 0 Å². The molecule has 1 aromatic rings. The van der Waals surface area contributed by atoms with Gasteiger partial charge in [0.25, 0.3) is 0 Å². The summed E-state index contributed by atoms with van der Waals surface area (Å²) >= 11 is 0. The van der Waals surface area contributed by atoms with Crippen molar-refractivity contribution in [3.8, 4) is 0 Å². The quantitative estimate of drug-likeness (QED) is 0.901. The number of benzene rings is 1. The number of halogens is 1. The molecule has 1 amide bonds. The van der Waals surface area contributed by atoms with Gasteiger partial charge in [0.2, 0.25) is 5.91 Å². The Morgan fingerprint density at radius 3 is 2.55 bits per heavy atom. The highest BCUT2D eigenvalue weighted by Crippen LogP contribution is 2.52. The summed E-state index contributed by atoms with van der Waals surface area (Å²) in [5, 5.41) is 13.9. The summed E-state index contributed by atoms with van der Waals surface area (Å²) in [5.74, 6) is -3.02. The highest BCUT2D eigenvalue weighted by molar-refractivity contribution is 5.95. The van der Waals surface area contributed by atoms with Crippen molar-refractivity contribution in [2.75, 3.05) is 5.32 Å². The molecule has 106 valence electrons. The molecule has 2 aliphatic rings. The van der Waals surface area contributed by atoms with E-state index in [4.69, 9.17) is 0 Å². The molecule has 1 aromatic carbocycles. The Hall–Kier alpha value is -1.91. The lowest BCUT2D eigenvalue weighted by atomic mass is 9.78. The second-order valence-corrected chi connectivity index (χ2v) is 5.70. The van der Waals surface area contributed by atoms with Crippen molar-refractivity contribution < 1.29 is 19.1 Å². The minimum atomic E-state index is -1.14. The van der Waals surface area contributed by atoms with E-state index in [2.05, 4.69) is 5.32 Å². The maximum absolute atomic E-state index is 13.1. The monoisotopic (exact) mass is 276 g/mol. The van der Waals surface area contributed by atoms with Gasteiger partial charge in [-0.2, -0.15) is 0 Å². The number of carbonyl (C=O) groups is 2. The molecule has 2 bridgehead atoms. The van der Waals surface area contributed by atoms with Gasteiger partial charge in [0.1, 0.15) is 5.82 Å². The van der Waals surface area contributed by atoms with E-state index in [1.165, 1.54) is 18.2 Å². The van der Waals surface area contributed by atoms with E-state index in [1.807, 2.05) is 0 Å². The van der Waals surface area contributed by atoms with Gasteiger partial charge in [-0.3, -0.25) is 4.79 Å². The summed E-state index contributed by atoms with van der Waals surface area (Å²) in [4.78, 5) is 23.6. The molecule has 4 nitrogen and oxygen atoms in total. The predicted molar refractivity (Wildman–Crippen MR) is 67.8 cm³/mol. The van der Waals surface area contributed by atoms with Crippen LogP contribution in [0.5, 0.6) is 0 Å². The average molecular weight is 276 g/mol. The maximum atomic E-state index is 13.1. The lowest BCUT2D eigenvalue weighted by molar-refractivity contribution is -0.314. The largest absolute Gasteiger partial charge is 0.550 e. The van der Waals surface area contributed by atoms with Crippen LogP contribution >= 0.6 is 0 Å². The molecule has 0 saturated heterocycles. The fourth-order valence-electron chi connectivity index (χ4n) is 3.80. The van der Waals surface area contributed by atoms with Gasteiger partial charge >= 0.3 is 0 Å². The Morgan fingerprint density at radius 1 is 1.20 bits per heavy atom. The van der Waals surface area contributed by atoms with Crippen LogP contribution in [0, 0.1) is 29.5 Å². The third-order valence-electron chi connectivity index (χ3n) is 4.58. The van der Waals surface area contributed by atoms with E-state index in [-0.39, 0.29) is 17.7 Å². The van der Waals surface area contributed by atoms with Gasteiger partial charge in [-0.1, -0.05) is 6.07 Å². The Bertz CT molecular complexity index is 560. The van der Waals surface area contributed by atoms with Crippen molar-refractivity contribution >= 4 is 17.6 Å². The second kappa shape index (κ2) is 4.89. The number of rotatable bonds is 3. The summed E-state index contributed by atoms with van der Waals surface area (Å²) in [6.45, 7) is 0. The molecule has 0 unspecified atom stereocenters. The zero-order valence-electron chi connectivity index (χ0n) is 10.8. The van der Waals surface area contributed by atoms with Crippen LogP contribution in [0.3, 0.4) is 0 Å². The van der Waals surface area contributed by atoms with Gasteiger partial charge < -0.3 is 15.2 Å². The van der Waals surface area contributed by atoms with Crippen LogP contribution in [0.1, 0.15) is 19.3 Å². The molecule has 0 heterocycles. The lowest BCUT2D eigenvalue weighted by Crippen LogP contribution is -2.43. The minimum Gasteiger partial charge on any atom is -0.550 e. The molecule has 0 spiro atoms. The number of hydrogen-bond acceptors (Lipinski definition) is 3. The number of carboxylic acids is 1. The Balaban J connectivity index is 1.78. The van der Waals surface area contributed by atoms with Crippen LogP contribution in [-0.2, 0) is 9.59 Å². The fourth-order valence-corrected chi connectivity index (χ4v) is 3.80. The van der Waals surface area contributed by atoms with E-state index in [1.54, 1.807) is 6.07 Å². The number of anilines is 1. The first kappa shape index (κ1) is 13.1. The highest BCUT2D eigenvalue weighted by atomic mass is 19.1. The molecule has 4 atom stereocenters. The third kappa shape index (κ3) is 2.17. The number of carboxylic acid groups (broad SMARTS) is 1. The van der Waals surface area contributed by atoms with Crippen molar-refractivity contribution in [2.45, 2.75) is 19.3 Å². The van der Waals surface area contributed by atoms with E-state index in [9.17, 15) is 19.1 Å². The molecule has 20 heavy (non-hydrogen) atoms. The molecule has 2 saturated carbocycles. The van der Waals surface area contributed by atoms with E-state index < -0.39 is 23.6 Å². The Kier molecular flexibility index (Phi) is 3.20. The number of nitrogens with one attached hydrogen (secondary N) is 1. The number of amides is 1. The number of carbonyl (C=O) groups excluding carboxylic acids is 2. The zero-order chi connectivity index (χ0) is 14.3. The molecule has 0 radical (unpaired) electrons. The highest BCUT2D eigenvalue weighted by Gasteiger charge is 2.51. The molecule has 3 rings (SSSR count). The van der Waals surface area contributed by atoms with Crippen LogP contribution in [0.15, 0.2) is 24.3 Å². The molecule has 1 N–H and O–H groups in total. The van der Waals surface area contributed by atoms with Crippen molar-refractivity contribution in [3.63, 3.8) is 0 Å². The van der Waals surface area contributed by atoms with Crippen molar-refractivity contribution in [3.05, 3.63) is 30.1 Å². The van der Waals surface area contributed by atoms with E-state index >= 15 is 0 Å². The molecule has 2 fully saturated rings.